The summed E-state index contributed by atoms with van der Waals surface area (Å²) in [7, 11) is 0. The molecule has 168 valence electrons. The lowest BCUT2D eigenvalue weighted by atomic mass is 9.95. The van der Waals surface area contributed by atoms with Crippen molar-refractivity contribution >= 4 is 39.0 Å². The molecule has 5 aromatic carbocycles. The van der Waals surface area contributed by atoms with Crippen LogP contribution in [0.4, 0.5) is 0 Å². The Kier molecular flexibility index (Phi) is 5.12. The minimum atomic E-state index is 0.941. The summed E-state index contributed by atoms with van der Waals surface area (Å²) in [5, 5.41) is 6.98. The Morgan fingerprint density at radius 1 is 0.571 bits per heavy atom. The van der Waals surface area contributed by atoms with E-state index >= 15 is 0 Å². The van der Waals surface area contributed by atoms with E-state index in [2.05, 4.69) is 140 Å². The molecule has 1 aromatic heterocycles. The topological polar surface area (TPSA) is 4.93 Å². The zero-order chi connectivity index (χ0) is 23.9. The Balaban J connectivity index is 1.86. The molecule has 0 fully saturated rings. The van der Waals surface area contributed by atoms with E-state index in [1.165, 1.54) is 43.8 Å². The van der Waals surface area contributed by atoms with Gasteiger partial charge in [-0.2, -0.15) is 0 Å². The summed E-state index contributed by atoms with van der Waals surface area (Å²) in [6, 6.07) is 41.7. The molecule has 35 heavy (non-hydrogen) atoms. The lowest BCUT2D eigenvalue weighted by Crippen LogP contribution is -2.15. The van der Waals surface area contributed by atoms with Gasteiger partial charge in [0.1, 0.15) is 0 Å². The smallest absolute Gasteiger partial charge is 0.0546 e. The van der Waals surface area contributed by atoms with Gasteiger partial charge in [0.05, 0.1) is 5.52 Å². The molecule has 6 rings (SSSR count). The van der Waals surface area contributed by atoms with Gasteiger partial charge < -0.3 is 4.57 Å². The fourth-order valence-corrected chi connectivity index (χ4v) is 5.05. The van der Waals surface area contributed by atoms with Crippen molar-refractivity contribution in [1.82, 2.24) is 4.57 Å². The van der Waals surface area contributed by atoms with Crippen molar-refractivity contribution in [2.45, 2.75) is 13.8 Å². The molecule has 0 aliphatic rings. The predicted molar refractivity (Wildman–Crippen MR) is 152 cm³/mol. The van der Waals surface area contributed by atoms with Crippen LogP contribution in [0.5, 0.6) is 0 Å². The minimum absolute atomic E-state index is 0.941. The molecular weight excluding hydrogens is 422 g/mol. The molecule has 0 aliphatic heterocycles. The van der Waals surface area contributed by atoms with Gasteiger partial charge >= 0.3 is 0 Å². The van der Waals surface area contributed by atoms with Crippen LogP contribution in [-0.2, 0) is 0 Å². The summed E-state index contributed by atoms with van der Waals surface area (Å²) in [5.74, 6) is 0. The van der Waals surface area contributed by atoms with Crippen molar-refractivity contribution in [3.05, 3.63) is 132 Å². The van der Waals surface area contributed by atoms with E-state index in [9.17, 15) is 0 Å². The third-order valence-corrected chi connectivity index (χ3v) is 6.86. The highest BCUT2D eigenvalue weighted by molar-refractivity contribution is 6.14. The Morgan fingerprint density at radius 3 is 1.91 bits per heavy atom. The van der Waals surface area contributed by atoms with E-state index in [1.807, 2.05) is 0 Å². The predicted octanol–water partition coefficient (Wildman–Crippen LogP) is 8.47. The number of fused-ring (bicyclic) bond motifs is 1. The van der Waals surface area contributed by atoms with Crippen LogP contribution in [0, 0.1) is 13.8 Å². The summed E-state index contributed by atoms with van der Waals surface area (Å²) in [5.41, 5.74) is 7.23. The fraction of sp³-hybridized carbons (Fsp3) is 0.0588. The van der Waals surface area contributed by atoms with Crippen LogP contribution in [0.3, 0.4) is 0 Å². The van der Waals surface area contributed by atoms with Crippen LogP contribution in [0.25, 0.3) is 55.8 Å². The average molecular weight is 450 g/mol. The van der Waals surface area contributed by atoms with E-state index in [1.54, 1.807) is 0 Å². The molecule has 1 nitrogen and oxygen atoms in total. The Bertz CT molecular complexity index is 1800. The van der Waals surface area contributed by atoms with E-state index in [-0.39, 0.29) is 0 Å². The number of aromatic nitrogens is 1. The summed E-state index contributed by atoms with van der Waals surface area (Å²) < 4.78 is 2.29. The maximum atomic E-state index is 4.54. The molecular formula is C34H27N. The summed E-state index contributed by atoms with van der Waals surface area (Å²) in [6.45, 7) is 8.80. The average Bonchev–Trinajstić information content (AvgIpc) is 2.92. The van der Waals surface area contributed by atoms with E-state index in [0.717, 1.165) is 21.9 Å². The molecule has 6 aromatic rings. The molecule has 0 N–H and O–H groups in total. The highest BCUT2D eigenvalue weighted by Crippen LogP contribution is 2.35. The first-order chi connectivity index (χ1) is 17.1. The van der Waals surface area contributed by atoms with Gasteiger partial charge in [-0.25, -0.2) is 0 Å². The fourth-order valence-electron chi connectivity index (χ4n) is 5.05. The number of nitrogens with zero attached hydrogens (tertiary/aromatic N) is 1. The maximum absolute atomic E-state index is 4.54. The van der Waals surface area contributed by atoms with Gasteiger partial charge in [-0.1, -0.05) is 103 Å². The third kappa shape index (κ3) is 3.76. The Labute approximate surface area is 205 Å². The van der Waals surface area contributed by atoms with Gasteiger partial charge in [0.2, 0.25) is 0 Å². The summed E-state index contributed by atoms with van der Waals surface area (Å²) in [6.07, 6.45) is 0. The lowest BCUT2D eigenvalue weighted by Gasteiger charge is -2.15. The SMILES string of the molecule is C=c1cc2ccccc2cc2cccc3c(-c4ccc(C)cc4)ccc(c23)n1-c1ccc(C)cc1. The lowest BCUT2D eigenvalue weighted by molar-refractivity contribution is 1.06. The van der Waals surface area contributed by atoms with Gasteiger partial charge in [-0.05, 0) is 76.9 Å². The molecule has 0 radical (unpaired) electrons. The first-order valence-corrected chi connectivity index (χ1v) is 12.1. The monoisotopic (exact) mass is 449 g/mol. The van der Waals surface area contributed by atoms with Crippen molar-refractivity contribution in [2.24, 2.45) is 0 Å². The highest BCUT2D eigenvalue weighted by Gasteiger charge is 2.11. The van der Waals surface area contributed by atoms with Gasteiger partial charge in [0.25, 0.3) is 0 Å². The Morgan fingerprint density at radius 2 is 1.20 bits per heavy atom. The first kappa shape index (κ1) is 21.2. The van der Waals surface area contributed by atoms with Crippen LogP contribution in [-0.4, -0.2) is 4.57 Å². The quantitative estimate of drug-likeness (QED) is 0.250. The largest absolute Gasteiger partial charge is 0.310 e. The minimum Gasteiger partial charge on any atom is -0.310 e. The van der Waals surface area contributed by atoms with Gasteiger partial charge in [-0.3, -0.25) is 0 Å². The number of hydrogen-bond acceptors (Lipinski definition) is 0. The normalized spacial score (nSPS) is 11.3. The second-order valence-electron chi connectivity index (χ2n) is 9.35. The molecule has 0 unspecified atom stereocenters. The molecule has 0 spiro atoms. The van der Waals surface area contributed by atoms with E-state index in [0.29, 0.717) is 0 Å². The molecule has 1 heterocycles. The maximum Gasteiger partial charge on any atom is 0.0546 e. The third-order valence-electron chi connectivity index (χ3n) is 6.86. The van der Waals surface area contributed by atoms with Crippen LogP contribution in [0.1, 0.15) is 11.1 Å². The number of aryl methyl sites for hydroxylation is 2. The number of rotatable bonds is 2. The highest BCUT2D eigenvalue weighted by atomic mass is 15.0. The van der Waals surface area contributed by atoms with Crippen LogP contribution in [0.15, 0.2) is 115 Å². The van der Waals surface area contributed by atoms with Crippen molar-refractivity contribution in [1.29, 1.82) is 0 Å². The van der Waals surface area contributed by atoms with Crippen LogP contribution >= 0.6 is 0 Å². The van der Waals surface area contributed by atoms with Crippen molar-refractivity contribution < 1.29 is 0 Å². The molecule has 0 aliphatic carbocycles. The molecule has 1 heteroatoms. The van der Waals surface area contributed by atoms with E-state index in [4.69, 9.17) is 0 Å². The molecule has 0 bridgehead atoms. The second-order valence-corrected chi connectivity index (χ2v) is 9.35. The summed E-state index contributed by atoms with van der Waals surface area (Å²) >= 11 is 0. The first-order valence-electron chi connectivity index (χ1n) is 12.1. The van der Waals surface area contributed by atoms with Crippen LogP contribution < -0.4 is 5.35 Å². The van der Waals surface area contributed by atoms with Crippen molar-refractivity contribution in [3.63, 3.8) is 0 Å². The number of hydrogen-bond donors (Lipinski definition) is 0. The van der Waals surface area contributed by atoms with Gasteiger partial charge in [-0.15, -0.1) is 0 Å². The van der Waals surface area contributed by atoms with Crippen molar-refractivity contribution in [3.8, 4) is 16.8 Å². The second kappa shape index (κ2) is 8.45. The molecule has 0 amide bonds. The summed E-state index contributed by atoms with van der Waals surface area (Å²) in [4.78, 5) is 0. The zero-order valence-electron chi connectivity index (χ0n) is 20.1. The van der Waals surface area contributed by atoms with Crippen LogP contribution in [0.2, 0.25) is 0 Å². The molecule has 0 saturated carbocycles. The molecule has 0 atom stereocenters. The van der Waals surface area contributed by atoms with Gasteiger partial charge in [0.15, 0.2) is 0 Å². The zero-order valence-corrected chi connectivity index (χ0v) is 20.1. The molecule has 0 saturated heterocycles. The number of benzene rings is 5. The van der Waals surface area contributed by atoms with Crippen molar-refractivity contribution in [2.75, 3.05) is 0 Å². The van der Waals surface area contributed by atoms with E-state index < -0.39 is 0 Å². The Hall–Kier alpha value is -4.36. The van der Waals surface area contributed by atoms with Gasteiger partial charge in [0, 0.05) is 16.4 Å². The standard InChI is InChI=1S/C34H27N/c1-23-11-15-26(16-12-23)31-19-20-33-34-29(9-6-10-32(31)34)22-28-8-5-4-7-27(28)21-25(3)35(33)30-17-13-24(2)14-18-30/h4-22H,3H2,1-2H3.